The lowest BCUT2D eigenvalue weighted by atomic mass is 9.78. The Balaban J connectivity index is 1.10. The van der Waals surface area contributed by atoms with E-state index >= 15 is 0 Å². The van der Waals surface area contributed by atoms with E-state index in [1.54, 1.807) is 11.1 Å². The standard InChI is InChI=1S/C23H31N3O3S/c1-3-18-12-19-20(30-18)4-9-28-23(19)5-7-26(8-6-23)14-16-10-17(11-16)25-22(27)21-15(2)13-24-29-21/h12-13,16-17H,3-11,14H2,1-2H3,(H,25,27). The fourth-order valence-electron chi connectivity index (χ4n) is 5.29. The van der Waals surface area contributed by atoms with Gasteiger partial charge in [-0.1, -0.05) is 12.1 Å². The molecule has 0 unspecified atom stereocenters. The molecule has 162 valence electrons. The first-order chi connectivity index (χ1) is 14.6. The molecule has 0 aromatic carbocycles. The third kappa shape index (κ3) is 3.72. The van der Waals surface area contributed by atoms with Gasteiger partial charge in [-0.25, -0.2) is 0 Å². The number of rotatable bonds is 5. The normalized spacial score (nSPS) is 25.7. The van der Waals surface area contributed by atoms with Gasteiger partial charge in [0.05, 0.1) is 18.4 Å². The third-order valence-electron chi connectivity index (χ3n) is 7.11. The maximum absolute atomic E-state index is 12.3. The lowest BCUT2D eigenvalue weighted by Crippen LogP contribution is -2.51. The van der Waals surface area contributed by atoms with Crippen LogP contribution in [-0.2, 0) is 23.2 Å². The quantitative estimate of drug-likeness (QED) is 0.785. The fraction of sp³-hybridized carbons (Fsp3) is 0.652. The molecule has 4 heterocycles. The molecule has 2 aliphatic heterocycles. The van der Waals surface area contributed by atoms with E-state index in [-0.39, 0.29) is 17.6 Å². The highest BCUT2D eigenvalue weighted by atomic mass is 32.1. The number of nitrogens with zero attached hydrogens (tertiary/aromatic N) is 2. The minimum absolute atomic E-state index is 0.0426. The summed E-state index contributed by atoms with van der Waals surface area (Å²) in [7, 11) is 0. The van der Waals surface area contributed by atoms with E-state index in [0.717, 1.165) is 70.3 Å². The number of fused-ring (bicyclic) bond motifs is 2. The van der Waals surface area contributed by atoms with E-state index in [1.807, 2.05) is 18.3 Å². The summed E-state index contributed by atoms with van der Waals surface area (Å²) < 4.78 is 11.5. The minimum Gasteiger partial charge on any atom is -0.370 e. The van der Waals surface area contributed by atoms with Gasteiger partial charge in [-0.2, -0.15) is 0 Å². The Kier molecular flexibility index (Phi) is 5.45. The van der Waals surface area contributed by atoms with Gasteiger partial charge >= 0.3 is 0 Å². The molecule has 2 aromatic rings. The Hall–Kier alpha value is -1.70. The number of carbonyl (C=O) groups excluding carboxylic acids is 1. The first-order valence-corrected chi connectivity index (χ1v) is 12.1. The first kappa shape index (κ1) is 20.2. The Morgan fingerprint density at radius 3 is 2.87 bits per heavy atom. The Labute approximate surface area is 182 Å². The molecule has 7 heteroatoms. The molecule has 2 aromatic heterocycles. The van der Waals surface area contributed by atoms with Crippen molar-refractivity contribution in [2.75, 3.05) is 26.2 Å². The number of ether oxygens (including phenoxy) is 1. The molecule has 0 bridgehead atoms. The predicted octanol–water partition coefficient (Wildman–Crippen LogP) is 3.68. The number of aryl methyl sites for hydroxylation is 2. The van der Waals surface area contributed by atoms with Crippen molar-refractivity contribution in [1.82, 2.24) is 15.4 Å². The number of piperidine rings is 1. The molecule has 0 atom stereocenters. The molecular formula is C23H31N3O3S. The zero-order valence-electron chi connectivity index (χ0n) is 17.9. The van der Waals surface area contributed by atoms with E-state index < -0.39 is 0 Å². The molecule has 1 saturated heterocycles. The van der Waals surface area contributed by atoms with E-state index in [4.69, 9.17) is 9.26 Å². The maximum Gasteiger partial charge on any atom is 0.290 e. The molecular weight excluding hydrogens is 398 g/mol. The summed E-state index contributed by atoms with van der Waals surface area (Å²) in [5.41, 5.74) is 2.23. The summed E-state index contributed by atoms with van der Waals surface area (Å²) in [4.78, 5) is 17.9. The van der Waals surface area contributed by atoms with Gasteiger partial charge in [-0.05, 0) is 56.6 Å². The topological polar surface area (TPSA) is 67.6 Å². The van der Waals surface area contributed by atoms with Crippen molar-refractivity contribution in [2.24, 2.45) is 5.92 Å². The van der Waals surface area contributed by atoms with Crippen molar-refractivity contribution >= 4 is 17.2 Å². The molecule has 3 aliphatic rings. The summed E-state index contributed by atoms with van der Waals surface area (Å²) >= 11 is 1.99. The van der Waals surface area contributed by atoms with Crippen molar-refractivity contribution in [2.45, 2.75) is 64.0 Å². The van der Waals surface area contributed by atoms with Crippen LogP contribution in [-0.4, -0.2) is 48.2 Å². The minimum atomic E-state index is -0.138. The number of amides is 1. The maximum atomic E-state index is 12.3. The SMILES string of the molecule is CCc1cc2c(s1)CCOC21CCN(CC2CC(NC(=O)c3oncc3C)C2)CC1. The number of hydrogen-bond acceptors (Lipinski definition) is 6. The van der Waals surface area contributed by atoms with Crippen LogP contribution in [0.25, 0.3) is 0 Å². The third-order valence-corrected chi connectivity index (χ3v) is 8.45. The smallest absolute Gasteiger partial charge is 0.290 e. The monoisotopic (exact) mass is 429 g/mol. The molecule has 0 radical (unpaired) electrons. The number of aromatic nitrogens is 1. The van der Waals surface area contributed by atoms with Crippen LogP contribution >= 0.6 is 11.3 Å². The Morgan fingerprint density at radius 1 is 1.37 bits per heavy atom. The van der Waals surface area contributed by atoms with Crippen molar-refractivity contribution in [3.8, 4) is 0 Å². The second-order valence-electron chi connectivity index (χ2n) is 9.14. The molecule has 1 amide bonds. The van der Waals surface area contributed by atoms with Crippen molar-refractivity contribution in [3.63, 3.8) is 0 Å². The van der Waals surface area contributed by atoms with Crippen LogP contribution < -0.4 is 5.32 Å². The van der Waals surface area contributed by atoms with E-state index in [2.05, 4.69) is 28.4 Å². The lowest BCUT2D eigenvalue weighted by Gasteiger charge is -2.46. The molecule has 2 fully saturated rings. The number of likely N-dealkylation sites (tertiary alicyclic amines) is 1. The van der Waals surface area contributed by atoms with Gasteiger partial charge in [0, 0.05) is 47.4 Å². The first-order valence-electron chi connectivity index (χ1n) is 11.3. The van der Waals surface area contributed by atoms with Gasteiger partial charge < -0.3 is 19.5 Å². The van der Waals surface area contributed by atoms with Gasteiger partial charge in [-0.3, -0.25) is 4.79 Å². The average Bonchev–Trinajstić information content (AvgIpc) is 3.34. The van der Waals surface area contributed by atoms with Crippen LogP contribution in [0.3, 0.4) is 0 Å². The molecule has 1 saturated carbocycles. The average molecular weight is 430 g/mol. The number of nitrogens with one attached hydrogen (secondary N) is 1. The number of carbonyl (C=O) groups is 1. The fourth-order valence-corrected chi connectivity index (χ4v) is 6.46. The highest BCUT2D eigenvalue weighted by Gasteiger charge is 2.42. The van der Waals surface area contributed by atoms with E-state index in [1.165, 1.54) is 10.4 Å². The summed E-state index contributed by atoms with van der Waals surface area (Å²) in [6, 6.07) is 2.68. The van der Waals surface area contributed by atoms with Crippen LogP contribution in [0.4, 0.5) is 0 Å². The highest BCUT2D eigenvalue weighted by molar-refractivity contribution is 7.12. The van der Waals surface area contributed by atoms with Crippen LogP contribution in [0.5, 0.6) is 0 Å². The Bertz CT molecular complexity index is 907. The molecule has 1 aliphatic carbocycles. The van der Waals surface area contributed by atoms with Gasteiger partial charge in [-0.15, -0.1) is 11.3 Å². The summed E-state index contributed by atoms with van der Waals surface area (Å²) in [6.07, 6.45) is 8.07. The Morgan fingerprint density at radius 2 is 2.17 bits per heavy atom. The number of hydrogen-bond donors (Lipinski definition) is 1. The van der Waals surface area contributed by atoms with Crippen molar-refractivity contribution in [3.05, 3.63) is 38.9 Å². The van der Waals surface area contributed by atoms with E-state index in [0.29, 0.717) is 11.7 Å². The largest absolute Gasteiger partial charge is 0.370 e. The van der Waals surface area contributed by atoms with Gasteiger partial charge in [0.15, 0.2) is 0 Å². The molecule has 1 N–H and O–H groups in total. The predicted molar refractivity (Wildman–Crippen MR) is 116 cm³/mol. The van der Waals surface area contributed by atoms with Crippen LogP contribution in [0.2, 0.25) is 0 Å². The molecule has 6 nitrogen and oxygen atoms in total. The van der Waals surface area contributed by atoms with Gasteiger partial charge in [0.1, 0.15) is 0 Å². The lowest BCUT2D eigenvalue weighted by molar-refractivity contribution is -0.0995. The summed E-state index contributed by atoms with van der Waals surface area (Å²) in [5, 5.41) is 6.77. The second-order valence-corrected chi connectivity index (χ2v) is 10.4. The summed E-state index contributed by atoms with van der Waals surface area (Å²) in [6.45, 7) is 8.28. The van der Waals surface area contributed by atoms with Crippen molar-refractivity contribution in [1.29, 1.82) is 0 Å². The highest BCUT2D eigenvalue weighted by Crippen LogP contribution is 2.45. The van der Waals surface area contributed by atoms with Crippen molar-refractivity contribution < 1.29 is 14.1 Å². The van der Waals surface area contributed by atoms with E-state index in [9.17, 15) is 4.79 Å². The molecule has 1 spiro atoms. The molecule has 30 heavy (non-hydrogen) atoms. The zero-order chi connectivity index (χ0) is 20.7. The summed E-state index contributed by atoms with van der Waals surface area (Å²) in [5.74, 6) is 0.864. The molecule has 5 rings (SSSR count). The van der Waals surface area contributed by atoms with Gasteiger partial charge in [0.25, 0.3) is 5.91 Å². The van der Waals surface area contributed by atoms with Crippen LogP contribution in [0.15, 0.2) is 16.8 Å². The second kappa shape index (κ2) is 8.09. The van der Waals surface area contributed by atoms with Gasteiger partial charge in [0.2, 0.25) is 5.76 Å². The number of thiophene rings is 1. The van der Waals surface area contributed by atoms with Crippen LogP contribution in [0, 0.1) is 12.8 Å². The van der Waals surface area contributed by atoms with Crippen LogP contribution in [0.1, 0.15) is 64.0 Å². The zero-order valence-corrected chi connectivity index (χ0v) is 18.7.